The number of rotatable bonds is 5. The third-order valence-electron chi connectivity index (χ3n) is 4.17. The number of aryl methyl sites for hydroxylation is 1. The van der Waals surface area contributed by atoms with Crippen molar-refractivity contribution in [2.24, 2.45) is 5.41 Å². The zero-order chi connectivity index (χ0) is 18.6. The molecule has 2 aromatic carbocycles. The minimum atomic E-state index is -1.21. The largest absolute Gasteiger partial charge is 0.325 e. The maximum absolute atomic E-state index is 13.0. The van der Waals surface area contributed by atoms with E-state index >= 15 is 0 Å². The number of hydrogen-bond acceptors (Lipinski definition) is 2. The van der Waals surface area contributed by atoms with Crippen molar-refractivity contribution in [2.45, 2.75) is 27.7 Å². The Balaban J connectivity index is 2.23. The fourth-order valence-corrected chi connectivity index (χ4v) is 2.76. The normalized spacial score (nSPS) is 11.1. The van der Waals surface area contributed by atoms with Crippen LogP contribution in [0, 0.1) is 12.3 Å². The predicted molar refractivity (Wildman–Crippen MR) is 103 cm³/mol. The SMILES string of the molecule is CCN(C(=O)C(C)(C)C(=O)Nc1ccc(Cl)cc1C)c1ccccc1. The number of carbonyl (C=O) groups excluding carboxylic acids is 2. The summed E-state index contributed by atoms with van der Waals surface area (Å²) in [6.07, 6.45) is 0. The van der Waals surface area contributed by atoms with Gasteiger partial charge in [-0.1, -0.05) is 29.8 Å². The Labute approximate surface area is 153 Å². The summed E-state index contributed by atoms with van der Waals surface area (Å²) in [5.74, 6) is -0.595. The number of hydrogen-bond donors (Lipinski definition) is 1. The van der Waals surface area contributed by atoms with Gasteiger partial charge in [0, 0.05) is 22.9 Å². The van der Waals surface area contributed by atoms with Crippen LogP contribution in [0.25, 0.3) is 0 Å². The highest BCUT2D eigenvalue weighted by atomic mass is 35.5. The lowest BCUT2D eigenvalue weighted by molar-refractivity contribution is -0.136. The zero-order valence-electron chi connectivity index (χ0n) is 15.0. The number of carbonyl (C=O) groups is 2. The van der Waals surface area contributed by atoms with Gasteiger partial charge in [-0.05, 0) is 63.6 Å². The third kappa shape index (κ3) is 4.20. The first kappa shape index (κ1) is 19.0. The molecule has 0 aromatic heterocycles. The van der Waals surface area contributed by atoms with Gasteiger partial charge >= 0.3 is 0 Å². The summed E-state index contributed by atoms with van der Waals surface area (Å²) in [5, 5.41) is 3.45. The Bertz CT molecular complexity index is 773. The van der Waals surface area contributed by atoms with Crippen LogP contribution in [0.3, 0.4) is 0 Å². The van der Waals surface area contributed by atoms with Gasteiger partial charge in [0.15, 0.2) is 0 Å². The second-order valence-electron chi connectivity index (χ2n) is 6.42. The lowest BCUT2D eigenvalue weighted by Crippen LogP contribution is -2.47. The summed E-state index contributed by atoms with van der Waals surface area (Å²) < 4.78 is 0. The van der Waals surface area contributed by atoms with E-state index < -0.39 is 5.41 Å². The molecular formula is C20H23ClN2O2. The molecule has 0 aliphatic rings. The molecule has 2 aromatic rings. The number of para-hydroxylation sites is 1. The van der Waals surface area contributed by atoms with Crippen molar-refractivity contribution in [3.63, 3.8) is 0 Å². The molecule has 132 valence electrons. The number of benzene rings is 2. The van der Waals surface area contributed by atoms with E-state index in [9.17, 15) is 9.59 Å². The highest BCUT2D eigenvalue weighted by molar-refractivity contribution is 6.30. The molecular weight excluding hydrogens is 336 g/mol. The molecule has 0 heterocycles. The summed E-state index contributed by atoms with van der Waals surface area (Å²) in [6.45, 7) is 7.52. The Kier molecular flexibility index (Phi) is 5.85. The first-order chi connectivity index (χ1) is 11.8. The molecule has 25 heavy (non-hydrogen) atoms. The van der Waals surface area contributed by atoms with Gasteiger partial charge in [-0.3, -0.25) is 9.59 Å². The van der Waals surface area contributed by atoms with Crippen molar-refractivity contribution in [3.8, 4) is 0 Å². The molecule has 0 unspecified atom stereocenters. The van der Waals surface area contributed by atoms with Crippen LogP contribution in [0.4, 0.5) is 11.4 Å². The lowest BCUT2D eigenvalue weighted by Gasteiger charge is -2.30. The minimum absolute atomic E-state index is 0.245. The van der Waals surface area contributed by atoms with E-state index in [4.69, 9.17) is 11.6 Å². The van der Waals surface area contributed by atoms with Gasteiger partial charge in [0.1, 0.15) is 5.41 Å². The quantitative estimate of drug-likeness (QED) is 0.790. The Hall–Kier alpha value is -2.33. The maximum atomic E-state index is 13.0. The molecule has 0 atom stereocenters. The van der Waals surface area contributed by atoms with E-state index in [-0.39, 0.29) is 11.8 Å². The van der Waals surface area contributed by atoms with Crippen LogP contribution in [0.15, 0.2) is 48.5 Å². The van der Waals surface area contributed by atoms with E-state index in [0.717, 1.165) is 11.3 Å². The molecule has 4 nitrogen and oxygen atoms in total. The number of nitrogens with zero attached hydrogens (tertiary/aromatic N) is 1. The standard InChI is InChI=1S/C20H23ClN2O2/c1-5-23(16-9-7-6-8-10-16)19(25)20(3,4)18(24)22-17-12-11-15(21)13-14(17)2/h6-13H,5H2,1-4H3,(H,22,24). The highest BCUT2D eigenvalue weighted by Gasteiger charge is 2.39. The fraction of sp³-hybridized carbons (Fsp3) is 0.300. The monoisotopic (exact) mass is 358 g/mol. The van der Waals surface area contributed by atoms with Crippen LogP contribution < -0.4 is 10.2 Å². The Morgan fingerprint density at radius 2 is 1.76 bits per heavy atom. The van der Waals surface area contributed by atoms with Gasteiger partial charge in [-0.25, -0.2) is 0 Å². The van der Waals surface area contributed by atoms with Crippen molar-refractivity contribution >= 4 is 34.8 Å². The summed E-state index contributed by atoms with van der Waals surface area (Å²) in [5.41, 5.74) is 1.06. The molecule has 2 amide bonds. The molecule has 0 aliphatic heterocycles. The average molecular weight is 359 g/mol. The minimum Gasteiger partial charge on any atom is -0.325 e. The van der Waals surface area contributed by atoms with E-state index in [2.05, 4.69) is 5.32 Å². The summed E-state index contributed by atoms with van der Waals surface area (Å²) in [7, 11) is 0. The van der Waals surface area contributed by atoms with E-state index in [0.29, 0.717) is 17.3 Å². The van der Waals surface area contributed by atoms with Gasteiger partial charge in [0.05, 0.1) is 0 Å². The van der Waals surface area contributed by atoms with Gasteiger partial charge < -0.3 is 10.2 Å². The van der Waals surface area contributed by atoms with Crippen LogP contribution in [-0.4, -0.2) is 18.4 Å². The molecule has 2 rings (SSSR count). The fourth-order valence-electron chi connectivity index (χ4n) is 2.53. The van der Waals surface area contributed by atoms with Crippen molar-refractivity contribution in [1.29, 1.82) is 0 Å². The maximum Gasteiger partial charge on any atom is 0.242 e. The van der Waals surface area contributed by atoms with E-state index in [1.807, 2.05) is 44.2 Å². The van der Waals surface area contributed by atoms with E-state index in [1.54, 1.807) is 36.9 Å². The Morgan fingerprint density at radius 1 is 1.12 bits per heavy atom. The van der Waals surface area contributed by atoms with Gasteiger partial charge in [0.25, 0.3) is 0 Å². The molecule has 0 fully saturated rings. The van der Waals surface area contributed by atoms with Crippen LogP contribution in [0.1, 0.15) is 26.3 Å². The summed E-state index contributed by atoms with van der Waals surface area (Å²) >= 11 is 5.95. The molecule has 0 saturated heterocycles. The Morgan fingerprint density at radius 3 is 2.32 bits per heavy atom. The molecule has 0 saturated carbocycles. The van der Waals surface area contributed by atoms with Crippen molar-refractivity contribution in [1.82, 2.24) is 0 Å². The third-order valence-corrected chi connectivity index (χ3v) is 4.40. The molecule has 0 radical (unpaired) electrons. The van der Waals surface area contributed by atoms with Crippen LogP contribution in [-0.2, 0) is 9.59 Å². The highest BCUT2D eigenvalue weighted by Crippen LogP contribution is 2.27. The number of nitrogens with one attached hydrogen (secondary N) is 1. The number of anilines is 2. The van der Waals surface area contributed by atoms with Crippen LogP contribution in [0.5, 0.6) is 0 Å². The van der Waals surface area contributed by atoms with E-state index in [1.165, 1.54) is 0 Å². The predicted octanol–water partition coefficient (Wildman–Crippen LogP) is 4.67. The number of amides is 2. The van der Waals surface area contributed by atoms with Gasteiger partial charge in [0.2, 0.25) is 11.8 Å². The van der Waals surface area contributed by atoms with Crippen molar-refractivity contribution < 1.29 is 9.59 Å². The van der Waals surface area contributed by atoms with Crippen molar-refractivity contribution in [3.05, 3.63) is 59.1 Å². The lowest BCUT2D eigenvalue weighted by atomic mass is 9.89. The molecule has 0 bridgehead atoms. The molecule has 0 aliphatic carbocycles. The second kappa shape index (κ2) is 7.70. The topological polar surface area (TPSA) is 49.4 Å². The summed E-state index contributed by atoms with van der Waals surface area (Å²) in [4.78, 5) is 27.4. The first-order valence-corrected chi connectivity index (χ1v) is 8.59. The molecule has 5 heteroatoms. The van der Waals surface area contributed by atoms with Crippen molar-refractivity contribution in [2.75, 3.05) is 16.8 Å². The van der Waals surface area contributed by atoms with Gasteiger partial charge in [-0.2, -0.15) is 0 Å². The zero-order valence-corrected chi connectivity index (χ0v) is 15.7. The second-order valence-corrected chi connectivity index (χ2v) is 6.86. The molecule has 1 N–H and O–H groups in total. The number of halogens is 1. The molecule has 0 spiro atoms. The first-order valence-electron chi connectivity index (χ1n) is 8.22. The van der Waals surface area contributed by atoms with Gasteiger partial charge in [-0.15, -0.1) is 0 Å². The smallest absolute Gasteiger partial charge is 0.242 e. The van der Waals surface area contributed by atoms with Crippen LogP contribution in [0.2, 0.25) is 5.02 Å². The average Bonchev–Trinajstić information content (AvgIpc) is 2.58. The van der Waals surface area contributed by atoms with Crippen LogP contribution >= 0.6 is 11.6 Å². The summed E-state index contributed by atoms with van der Waals surface area (Å²) in [6, 6.07) is 14.6.